The monoisotopic (exact) mass is 310 g/mol. The van der Waals surface area contributed by atoms with Crippen LogP contribution in [0, 0.1) is 0 Å². The molecule has 1 N–H and O–H groups in total. The topological polar surface area (TPSA) is 41.6 Å². The standard InChI is InChI=1S/C19H22N2O2/c1-21-11-10-14-6-3-4-9-17(14)18(21)13-19(22)20-15-7-5-8-16(12-15)23-2/h3-9,12,18H,10-11,13H2,1-2H3,(H,20,22). The van der Waals surface area contributed by atoms with E-state index in [1.807, 2.05) is 30.3 Å². The first-order chi connectivity index (χ1) is 11.2. The molecule has 3 rings (SSSR count). The van der Waals surface area contributed by atoms with Crippen LogP contribution in [0.5, 0.6) is 5.75 Å². The Morgan fingerprint density at radius 1 is 1.26 bits per heavy atom. The van der Waals surface area contributed by atoms with Crippen LogP contribution in [0.4, 0.5) is 5.69 Å². The molecule has 4 nitrogen and oxygen atoms in total. The number of methoxy groups -OCH3 is 1. The number of benzene rings is 2. The molecular weight excluding hydrogens is 288 g/mol. The number of anilines is 1. The van der Waals surface area contributed by atoms with Crippen molar-refractivity contribution in [3.8, 4) is 5.75 Å². The van der Waals surface area contributed by atoms with Gasteiger partial charge in [-0.05, 0) is 36.7 Å². The molecule has 0 fully saturated rings. The first-order valence-electron chi connectivity index (χ1n) is 7.89. The predicted molar refractivity (Wildman–Crippen MR) is 91.8 cm³/mol. The summed E-state index contributed by atoms with van der Waals surface area (Å²) in [7, 11) is 3.70. The van der Waals surface area contributed by atoms with Gasteiger partial charge >= 0.3 is 0 Å². The van der Waals surface area contributed by atoms with E-state index >= 15 is 0 Å². The number of carbonyl (C=O) groups is 1. The van der Waals surface area contributed by atoms with Crippen LogP contribution in [0.25, 0.3) is 0 Å². The highest BCUT2D eigenvalue weighted by atomic mass is 16.5. The normalized spacial score (nSPS) is 17.4. The van der Waals surface area contributed by atoms with Crippen molar-refractivity contribution in [3.63, 3.8) is 0 Å². The summed E-state index contributed by atoms with van der Waals surface area (Å²) in [6.45, 7) is 0.980. The van der Waals surface area contributed by atoms with E-state index in [0.717, 1.165) is 24.4 Å². The highest BCUT2D eigenvalue weighted by Gasteiger charge is 2.26. The van der Waals surface area contributed by atoms with Crippen molar-refractivity contribution in [2.45, 2.75) is 18.9 Å². The van der Waals surface area contributed by atoms with Crippen LogP contribution in [0.15, 0.2) is 48.5 Å². The van der Waals surface area contributed by atoms with Crippen LogP contribution >= 0.6 is 0 Å². The molecule has 2 aromatic carbocycles. The zero-order chi connectivity index (χ0) is 16.2. The maximum absolute atomic E-state index is 12.5. The zero-order valence-corrected chi connectivity index (χ0v) is 13.6. The first kappa shape index (κ1) is 15.6. The van der Waals surface area contributed by atoms with Crippen molar-refractivity contribution in [1.29, 1.82) is 0 Å². The number of fused-ring (bicyclic) bond motifs is 1. The number of likely N-dealkylation sites (N-methyl/N-ethyl adjacent to an activating group) is 1. The lowest BCUT2D eigenvalue weighted by atomic mass is 9.91. The molecule has 1 aliphatic rings. The fourth-order valence-electron chi connectivity index (χ4n) is 3.13. The number of nitrogens with one attached hydrogen (secondary N) is 1. The molecule has 0 saturated heterocycles. The molecule has 0 aliphatic carbocycles. The highest BCUT2D eigenvalue weighted by Crippen LogP contribution is 2.31. The van der Waals surface area contributed by atoms with Gasteiger partial charge in [0.25, 0.3) is 0 Å². The number of hydrogen-bond acceptors (Lipinski definition) is 3. The second kappa shape index (κ2) is 6.84. The average molecular weight is 310 g/mol. The Balaban J connectivity index is 1.72. The van der Waals surface area contributed by atoms with Gasteiger partial charge in [0.05, 0.1) is 7.11 Å². The van der Waals surface area contributed by atoms with Crippen molar-refractivity contribution >= 4 is 11.6 Å². The molecule has 1 atom stereocenters. The zero-order valence-electron chi connectivity index (χ0n) is 13.6. The first-order valence-corrected chi connectivity index (χ1v) is 7.89. The summed E-state index contributed by atoms with van der Waals surface area (Å²) in [5, 5.41) is 2.97. The van der Waals surface area contributed by atoms with Gasteiger partial charge in [0, 0.05) is 30.8 Å². The van der Waals surface area contributed by atoms with Crippen LogP contribution in [0.1, 0.15) is 23.6 Å². The molecule has 1 unspecified atom stereocenters. The van der Waals surface area contributed by atoms with E-state index in [9.17, 15) is 4.79 Å². The Hall–Kier alpha value is -2.33. The van der Waals surface area contributed by atoms with Gasteiger partial charge in [-0.15, -0.1) is 0 Å². The van der Waals surface area contributed by atoms with Crippen LogP contribution in [-0.4, -0.2) is 31.5 Å². The quantitative estimate of drug-likeness (QED) is 0.942. The lowest BCUT2D eigenvalue weighted by molar-refractivity contribution is -0.117. The molecule has 1 heterocycles. The van der Waals surface area contributed by atoms with Gasteiger partial charge in [-0.2, -0.15) is 0 Å². The third-order valence-corrected chi connectivity index (χ3v) is 4.41. The van der Waals surface area contributed by atoms with Crippen LogP contribution in [0.2, 0.25) is 0 Å². The summed E-state index contributed by atoms with van der Waals surface area (Å²) in [4.78, 5) is 14.7. The van der Waals surface area contributed by atoms with Crippen LogP contribution < -0.4 is 10.1 Å². The van der Waals surface area contributed by atoms with Crippen molar-refractivity contribution in [2.75, 3.05) is 26.0 Å². The Labute approximate surface area is 137 Å². The van der Waals surface area contributed by atoms with Crippen LogP contribution in [-0.2, 0) is 11.2 Å². The van der Waals surface area contributed by atoms with Crippen LogP contribution in [0.3, 0.4) is 0 Å². The largest absolute Gasteiger partial charge is 0.497 e. The maximum atomic E-state index is 12.5. The molecular formula is C19H22N2O2. The van der Waals surface area contributed by atoms with Crippen molar-refractivity contribution in [3.05, 3.63) is 59.7 Å². The van der Waals surface area contributed by atoms with Gasteiger partial charge in [0.1, 0.15) is 5.75 Å². The molecule has 0 bridgehead atoms. The third-order valence-electron chi connectivity index (χ3n) is 4.41. The molecule has 4 heteroatoms. The fourth-order valence-corrected chi connectivity index (χ4v) is 3.13. The predicted octanol–water partition coefficient (Wildman–Crippen LogP) is 3.25. The Bertz CT molecular complexity index is 699. The average Bonchev–Trinajstić information content (AvgIpc) is 2.57. The molecule has 1 aliphatic heterocycles. The molecule has 0 aromatic heterocycles. The van der Waals surface area contributed by atoms with Gasteiger partial charge in [0.2, 0.25) is 5.91 Å². The second-order valence-electron chi connectivity index (χ2n) is 5.93. The summed E-state index contributed by atoms with van der Waals surface area (Å²) in [5.74, 6) is 0.759. The Kier molecular flexibility index (Phi) is 4.63. The minimum Gasteiger partial charge on any atom is -0.497 e. The third kappa shape index (κ3) is 3.54. The number of hydrogen-bond donors (Lipinski definition) is 1. The van der Waals surface area contributed by atoms with E-state index in [1.165, 1.54) is 11.1 Å². The van der Waals surface area contributed by atoms with E-state index in [2.05, 4.69) is 35.5 Å². The number of rotatable bonds is 4. The number of nitrogens with zero attached hydrogens (tertiary/aromatic N) is 1. The molecule has 120 valence electrons. The van der Waals surface area contributed by atoms with E-state index in [1.54, 1.807) is 7.11 Å². The lowest BCUT2D eigenvalue weighted by Crippen LogP contribution is -2.34. The van der Waals surface area contributed by atoms with Crippen molar-refractivity contribution < 1.29 is 9.53 Å². The SMILES string of the molecule is COc1cccc(NC(=O)CC2c3ccccc3CCN2C)c1. The minimum absolute atomic E-state index is 0.0202. The molecule has 0 saturated carbocycles. The van der Waals surface area contributed by atoms with E-state index in [-0.39, 0.29) is 11.9 Å². The van der Waals surface area contributed by atoms with Crippen molar-refractivity contribution in [1.82, 2.24) is 4.90 Å². The van der Waals surface area contributed by atoms with Crippen molar-refractivity contribution in [2.24, 2.45) is 0 Å². The summed E-state index contributed by atoms with van der Waals surface area (Å²) >= 11 is 0. The van der Waals surface area contributed by atoms with Gasteiger partial charge < -0.3 is 10.1 Å². The number of carbonyl (C=O) groups excluding carboxylic acids is 1. The molecule has 0 spiro atoms. The Morgan fingerprint density at radius 3 is 2.91 bits per heavy atom. The summed E-state index contributed by atoms with van der Waals surface area (Å²) in [6.07, 6.45) is 1.49. The molecule has 0 radical (unpaired) electrons. The summed E-state index contributed by atoms with van der Waals surface area (Å²) in [5.41, 5.74) is 3.38. The van der Waals surface area contributed by atoms with Gasteiger partial charge in [-0.1, -0.05) is 30.3 Å². The smallest absolute Gasteiger partial charge is 0.226 e. The maximum Gasteiger partial charge on any atom is 0.226 e. The molecule has 1 amide bonds. The van der Waals surface area contributed by atoms with E-state index < -0.39 is 0 Å². The van der Waals surface area contributed by atoms with E-state index in [4.69, 9.17) is 4.74 Å². The molecule has 2 aromatic rings. The number of ether oxygens (including phenoxy) is 1. The van der Waals surface area contributed by atoms with E-state index in [0.29, 0.717) is 6.42 Å². The summed E-state index contributed by atoms with van der Waals surface area (Å²) in [6, 6.07) is 16.0. The van der Waals surface area contributed by atoms with Gasteiger partial charge in [0.15, 0.2) is 0 Å². The Morgan fingerprint density at radius 2 is 2.09 bits per heavy atom. The highest BCUT2D eigenvalue weighted by molar-refractivity contribution is 5.91. The minimum atomic E-state index is 0.0202. The number of amides is 1. The molecule has 23 heavy (non-hydrogen) atoms. The second-order valence-corrected chi connectivity index (χ2v) is 5.93. The summed E-state index contributed by atoms with van der Waals surface area (Å²) < 4.78 is 5.19. The lowest BCUT2D eigenvalue weighted by Gasteiger charge is -2.34. The fraction of sp³-hybridized carbons (Fsp3) is 0.316. The van der Waals surface area contributed by atoms with Gasteiger partial charge in [-0.3, -0.25) is 9.69 Å². The van der Waals surface area contributed by atoms with Gasteiger partial charge in [-0.25, -0.2) is 0 Å².